The molecule has 0 aliphatic carbocycles. The molecule has 5 rings (SSSR count). The normalized spacial score (nSPS) is 14.5. The second-order valence-electron chi connectivity index (χ2n) is 8.10. The molecule has 1 aliphatic heterocycles. The zero-order chi connectivity index (χ0) is 24.7. The zero-order valence-electron chi connectivity index (χ0n) is 18.6. The number of hydrogen-bond acceptors (Lipinski definition) is 6. The summed E-state index contributed by atoms with van der Waals surface area (Å²) in [5.41, 5.74) is 0.0760. The third-order valence-corrected chi connectivity index (χ3v) is 5.96. The fourth-order valence-electron chi connectivity index (χ4n) is 4.03. The Labute approximate surface area is 197 Å². The number of pyridine rings is 1. The minimum atomic E-state index is -4.45. The molecule has 4 heterocycles. The number of nitrogens with zero attached hydrogens (tertiary/aromatic N) is 7. The van der Waals surface area contributed by atoms with Crippen LogP contribution in [0.3, 0.4) is 0 Å². The molecule has 0 bridgehead atoms. The van der Waals surface area contributed by atoms with Crippen molar-refractivity contribution in [3.8, 4) is 11.4 Å². The molecule has 1 saturated heterocycles. The van der Waals surface area contributed by atoms with Crippen LogP contribution in [-0.4, -0.2) is 61.2 Å². The van der Waals surface area contributed by atoms with E-state index in [0.29, 0.717) is 35.9 Å². The maximum Gasteiger partial charge on any atom is 0.417 e. The van der Waals surface area contributed by atoms with Crippen molar-refractivity contribution >= 4 is 23.0 Å². The number of halogens is 3. The van der Waals surface area contributed by atoms with E-state index >= 15 is 0 Å². The fraction of sp³-hybridized carbons (Fsp3) is 0.261. The molecule has 0 spiro atoms. The molecule has 1 aromatic carbocycles. The monoisotopic (exact) mass is 483 g/mol. The lowest BCUT2D eigenvalue weighted by molar-refractivity contribution is -0.137. The number of piperazine rings is 1. The molecule has 0 saturated carbocycles. The molecule has 0 unspecified atom stereocenters. The summed E-state index contributed by atoms with van der Waals surface area (Å²) < 4.78 is 40.7. The van der Waals surface area contributed by atoms with Crippen LogP contribution in [0.25, 0.3) is 22.6 Å². The molecule has 3 aromatic heterocycles. The number of carbonyl (C=O) groups excluding carboxylic acids is 1. The molecule has 1 amide bonds. The second kappa shape index (κ2) is 8.53. The summed E-state index contributed by atoms with van der Waals surface area (Å²) in [5, 5.41) is 0. The van der Waals surface area contributed by atoms with E-state index in [1.807, 2.05) is 30.3 Å². The maximum atomic E-state index is 13.3. The van der Waals surface area contributed by atoms with Crippen molar-refractivity contribution in [2.75, 3.05) is 31.1 Å². The van der Waals surface area contributed by atoms with Crippen LogP contribution >= 0.6 is 0 Å². The van der Waals surface area contributed by atoms with Crippen molar-refractivity contribution in [3.63, 3.8) is 0 Å². The maximum absolute atomic E-state index is 13.3. The van der Waals surface area contributed by atoms with Crippen molar-refractivity contribution in [1.29, 1.82) is 0 Å². The van der Waals surface area contributed by atoms with Crippen LogP contribution < -0.4 is 10.6 Å². The lowest BCUT2D eigenvalue weighted by Gasteiger charge is -2.35. The van der Waals surface area contributed by atoms with Crippen LogP contribution in [0.1, 0.15) is 5.56 Å². The predicted octanol–water partition coefficient (Wildman–Crippen LogP) is 3.00. The van der Waals surface area contributed by atoms with Gasteiger partial charge < -0.3 is 9.80 Å². The fourth-order valence-corrected chi connectivity index (χ4v) is 4.03. The highest BCUT2D eigenvalue weighted by atomic mass is 19.4. The van der Waals surface area contributed by atoms with Crippen molar-refractivity contribution in [1.82, 2.24) is 29.0 Å². The molecule has 1 fully saturated rings. The van der Waals surface area contributed by atoms with E-state index in [-0.39, 0.29) is 13.1 Å². The van der Waals surface area contributed by atoms with Crippen LogP contribution in [-0.2, 0) is 13.2 Å². The minimum absolute atomic E-state index is 0.271. The smallest absolute Gasteiger partial charge is 0.353 e. The first kappa shape index (κ1) is 22.6. The van der Waals surface area contributed by atoms with Gasteiger partial charge in [0.1, 0.15) is 11.3 Å². The SMILES string of the molecule is Cn1c(=O)n(C(=O)N2CCN(c3ccc(C(F)(F)F)cn3)CC2)c2cnc(-c3ccccc3)nc21. The Morgan fingerprint density at radius 3 is 2.29 bits per heavy atom. The summed E-state index contributed by atoms with van der Waals surface area (Å²) in [7, 11) is 1.55. The van der Waals surface area contributed by atoms with Crippen LogP contribution in [0.15, 0.2) is 59.7 Å². The second-order valence-corrected chi connectivity index (χ2v) is 8.10. The number of aromatic nitrogens is 5. The van der Waals surface area contributed by atoms with Gasteiger partial charge in [-0.05, 0) is 12.1 Å². The van der Waals surface area contributed by atoms with Crippen LogP contribution in [0.4, 0.5) is 23.8 Å². The van der Waals surface area contributed by atoms with E-state index in [0.717, 1.165) is 22.4 Å². The number of fused-ring (bicyclic) bond motifs is 1. The number of benzene rings is 1. The van der Waals surface area contributed by atoms with Gasteiger partial charge in [0.15, 0.2) is 11.5 Å². The summed E-state index contributed by atoms with van der Waals surface area (Å²) in [6, 6.07) is 11.1. The van der Waals surface area contributed by atoms with E-state index in [2.05, 4.69) is 15.0 Å². The quantitative estimate of drug-likeness (QED) is 0.436. The third kappa shape index (κ3) is 4.11. The molecule has 4 aromatic rings. The number of alkyl halides is 3. The molecule has 0 N–H and O–H groups in total. The van der Waals surface area contributed by atoms with Gasteiger partial charge in [-0.1, -0.05) is 30.3 Å². The van der Waals surface area contributed by atoms with Gasteiger partial charge in [-0.2, -0.15) is 13.2 Å². The lowest BCUT2D eigenvalue weighted by atomic mass is 10.2. The van der Waals surface area contributed by atoms with Crippen molar-refractivity contribution < 1.29 is 18.0 Å². The van der Waals surface area contributed by atoms with Gasteiger partial charge in [-0.25, -0.2) is 29.1 Å². The van der Waals surface area contributed by atoms with Gasteiger partial charge in [0.25, 0.3) is 0 Å². The molecule has 180 valence electrons. The summed E-state index contributed by atoms with van der Waals surface area (Å²) in [4.78, 5) is 42.3. The molecule has 35 heavy (non-hydrogen) atoms. The van der Waals surface area contributed by atoms with E-state index in [1.54, 1.807) is 11.9 Å². The number of amides is 1. The Hall–Kier alpha value is -4.22. The molecule has 12 heteroatoms. The highest BCUT2D eigenvalue weighted by Gasteiger charge is 2.31. The summed E-state index contributed by atoms with van der Waals surface area (Å²) >= 11 is 0. The molecule has 0 atom stereocenters. The van der Waals surface area contributed by atoms with Gasteiger partial charge in [0.2, 0.25) is 0 Å². The topological polar surface area (TPSA) is 89.2 Å². The Bertz CT molecular complexity index is 1440. The Morgan fingerprint density at radius 2 is 1.66 bits per heavy atom. The van der Waals surface area contributed by atoms with Gasteiger partial charge in [-0.3, -0.25) is 4.57 Å². The Morgan fingerprint density at radius 1 is 0.943 bits per heavy atom. The minimum Gasteiger partial charge on any atom is -0.353 e. The number of aryl methyl sites for hydroxylation is 1. The van der Waals surface area contributed by atoms with Crippen molar-refractivity contribution in [2.45, 2.75) is 6.18 Å². The van der Waals surface area contributed by atoms with Crippen molar-refractivity contribution in [3.05, 3.63) is 70.9 Å². The average molecular weight is 483 g/mol. The van der Waals surface area contributed by atoms with Crippen LogP contribution in [0.5, 0.6) is 0 Å². The van der Waals surface area contributed by atoms with Gasteiger partial charge in [0, 0.05) is 45.0 Å². The number of rotatable bonds is 2. The number of anilines is 1. The average Bonchev–Trinajstić information content (AvgIpc) is 3.13. The highest BCUT2D eigenvalue weighted by Crippen LogP contribution is 2.29. The Balaban J connectivity index is 1.35. The largest absolute Gasteiger partial charge is 0.417 e. The van der Waals surface area contributed by atoms with E-state index in [9.17, 15) is 22.8 Å². The molecule has 0 radical (unpaired) electrons. The number of imidazole rings is 1. The van der Waals surface area contributed by atoms with Gasteiger partial charge in [0.05, 0.1) is 11.8 Å². The summed E-state index contributed by atoms with van der Waals surface area (Å²) in [6.45, 7) is 1.26. The first-order valence-electron chi connectivity index (χ1n) is 10.8. The summed E-state index contributed by atoms with van der Waals surface area (Å²) in [6.07, 6.45) is -2.19. The lowest BCUT2D eigenvalue weighted by Crippen LogP contribution is -2.51. The molecular formula is C23H20F3N7O2. The van der Waals surface area contributed by atoms with E-state index in [1.165, 1.54) is 21.7 Å². The standard InChI is InChI=1S/C23H20F3N7O2/c1-30-20-17(14-28-19(29-20)15-5-3-2-4-6-15)33(21(30)34)22(35)32-11-9-31(10-12-32)18-8-7-16(13-27-18)23(24,25)26/h2-8,13-14H,9-12H2,1H3. The predicted molar refractivity (Wildman–Crippen MR) is 122 cm³/mol. The zero-order valence-corrected chi connectivity index (χ0v) is 18.6. The number of hydrogen-bond donors (Lipinski definition) is 0. The highest BCUT2D eigenvalue weighted by molar-refractivity contribution is 5.88. The third-order valence-electron chi connectivity index (χ3n) is 5.96. The summed E-state index contributed by atoms with van der Waals surface area (Å²) in [5.74, 6) is 0.838. The van der Waals surface area contributed by atoms with E-state index in [4.69, 9.17) is 0 Å². The molecule has 1 aliphatic rings. The number of carbonyl (C=O) groups is 1. The van der Waals surface area contributed by atoms with Gasteiger partial charge in [-0.15, -0.1) is 0 Å². The van der Waals surface area contributed by atoms with Crippen molar-refractivity contribution in [2.24, 2.45) is 7.05 Å². The molecular weight excluding hydrogens is 463 g/mol. The van der Waals surface area contributed by atoms with Crippen LogP contribution in [0.2, 0.25) is 0 Å². The van der Waals surface area contributed by atoms with Gasteiger partial charge >= 0.3 is 17.9 Å². The molecule has 9 nitrogen and oxygen atoms in total. The first-order valence-corrected chi connectivity index (χ1v) is 10.8. The van der Waals surface area contributed by atoms with E-state index < -0.39 is 23.5 Å². The first-order chi connectivity index (χ1) is 16.7. The Kier molecular flexibility index (Phi) is 5.50. The van der Waals surface area contributed by atoms with Crippen LogP contribution in [0, 0.1) is 0 Å².